The van der Waals surface area contributed by atoms with Crippen LogP contribution in [0, 0.1) is 0 Å². The third kappa shape index (κ3) is 5.15. The first-order chi connectivity index (χ1) is 12.2. The van der Waals surface area contributed by atoms with Crippen molar-refractivity contribution >= 4 is 23.0 Å². The minimum Gasteiger partial charge on any atom is -0.508 e. The third-order valence-corrected chi connectivity index (χ3v) is 3.64. The zero-order valence-corrected chi connectivity index (χ0v) is 15.6. The van der Waals surface area contributed by atoms with Gasteiger partial charge in [-0.2, -0.15) is 0 Å². The van der Waals surface area contributed by atoms with Crippen LogP contribution in [0.1, 0.15) is 50.2 Å². The molecule has 0 saturated carbocycles. The van der Waals surface area contributed by atoms with E-state index in [9.17, 15) is 14.7 Å². The maximum absolute atomic E-state index is 12.2. The van der Waals surface area contributed by atoms with Crippen molar-refractivity contribution in [2.24, 2.45) is 0 Å². The number of esters is 1. The predicted octanol–water partition coefficient (Wildman–Crippen LogP) is 3.51. The molecule has 1 aromatic heterocycles. The molecule has 0 atom stereocenters. The highest BCUT2D eigenvalue weighted by Crippen LogP contribution is 2.27. The first kappa shape index (κ1) is 19.6. The van der Waals surface area contributed by atoms with Gasteiger partial charge in [-0.3, -0.25) is 0 Å². The number of H-pyrrole nitrogens is 1. The van der Waals surface area contributed by atoms with E-state index in [2.05, 4.69) is 10.3 Å². The molecule has 26 heavy (non-hydrogen) atoms. The van der Waals surface area contributed by atoms with Crippen LogP contribution in [0.15, 0.2) is 18.2 Å². The number of aromatic amines is 1. The summed E-state index contributed by atoms with van der Waals surface area (Å²) < 4.78 is 10.3. The zero-order chi connectivity index (χ0) is 19.3. The number of ether oxygens (including phenoxy) is 2. The van der Waals surface area contributed by atoms with Crippen LogP contribution in [-0.4, -0.2) is 40.9 Å². The van der Waals surface area contributed by atoms with Gasteiger partial charge in [-0.1, -0.05) is 0 Å². The summed E-state index contributed by atoms with van der Waals surface area (Å²) in [5.74, 6) is -0.307. The van der Waals surface area contributed by atoms with E-state index in [0.717, 1.165) is 16.5 Å². The van der Waals surface area contributed by atoms with Crippen molar-refractivity contribution in [3.05, 3.63) is 29.5 Å². The molecule has 3 N–H and O–H groups in total. The third-order valence-electron chi connectivity index (χ3n) is 3.64. The summed E-state index contributed by atoms with van der Waals surface area (Å²) in [6.07, 6.45) is 0.668. The van der Waals surface area contributed by atoms with Gasteiger partial charge in [-0.15, -0.1) is 0 Å². The van der Waals surface area contributed by atoms with Gasteiger partial charge in [0.25, 0.3) is 0 Å². The Morgan fingerprint density at radius 1 is 1.27 bits per heavy atom. The minimum absolute atomic E-state index is 0.125. The van der Waals surface area contributed by atoms with Crippen LogP contribution < -0.4 is 5.32 Å². The second kappa shape index (κ2) is 8.12. The molecule has 0 spiro atoms. The topological polar surface area (TPSA) is 101 Å². The number of fused-ring (bicyclic) bond motifs is 1. The van der Waals surface area contributed by atoms with Gasteiger partial charge < -0.3 is 24.9 Å². The average Bonchev–Trinajstić information content (AvgIpc) is 2.88. The molecular formula is C19H26N2O5. The molecule has 7 nitrogen and oxygen atoms in total. The molecule has 0 fully saturated rings. The molecule has 1 heterocycles. The summed E-state index contributed by atoms with van der Waals surface area (Å²) >= 11 is 0. The number of phenols is 1. The maximum Gasteiger partial charge on any atom is 0.407 e. The Labute approximate surface area is 152 Å². The Hall–Kier alpha value is -2.70. The number of hydrogen-bond acceptors (Lipinski definition) is 5. The average molecular weight is 362 g/mol. The Morgan fingerprint density at radius 2 is 2.00 bits per heavy atom. The monoisotopic (exact) mass is 362 g/mol. The Kier molecular flexibility index (Phi) is 6.13. The lowest BCUT2D eigenvalue weighted by Gasteiger charge is -2.19. The minimum atomic E-state index is -0.546. The lowest BCUT2D eigenvalue weighted by molar-refractivity contribution is 0.0509. The summed E-state index contributed by atoms with van der Waals surface area (Å²) in [7, 11) is 0. The highest BCUT2D eigenvalue weighted by molar-refractivity contribution is 5.98. The fourth-order valence-corrected chi connectivity index (χ4v) is 2.64. The van der Waals surface area contributed by atoms with Crippen molar-refractivity contribution in [3.63, 3.8) is 0 Å². The standard InChI is InChI=1S/C19H26N2O5/c1-5-25-17(23)16-13(14-11-12(22)8-9-15(14)21-16)7-6-10-20-18(24)26-19(2,3)4/h8-9,11,21-22H,5-7,10H2,1-4H3,(H,20,24). The van der Waals surface area contributed by atoms with Crippen LogP contribution in [-0.2, 0) is 15.9 Å². The number of aryl methyl sites for hydroxylation is 1. The number of alkyl carbamates (subject to hydrolysis) is 1. The second-order valence-corrected chi connectivity index (χ2v) is 6.96. The van der Waals surface area contributed by atoms with E-state index in [1.807, 2.05) is 0 Å². The lowest BCUT2D eigenvalue weighted by atomic mass is 10.0. The zero-order valence-electron chi connectivity index (χ0n) is 15.6. The maximum atomic E-state index is 12.2. The van der Waals surface area contributed by atoms with Crippen LogP contribution in [0.25, 0.3) is 10.9 Å². The number of aromatic nitrogens is 1. The summed E-state index contributed by atoms with van der Waals surface area (Å²) in [4.78, 5) is 27.0. The molecule has 0 unspecified atom stereocenters. The lowest BCUT2D eigenvalue weighted by Crippen LogP contribution is -2.33. The van der Waals surface area contributed by atoms with E-state index >= 15 is 0 Å². The summed E-state index contributed by atoms with van der Waals surface area (Å²) in [6, 6.07) is 4.89. The number of benzene rings is 1. The van der Waals surface area contributed by atoms with E-state index in [1.165, 1.54) is 0 Å². The summed E-state index contributed by atoms with van der Waals surface area (Å²) in [5.41, 5.74) is 1.35. The van der Waals surface area contributed by atoms with Crippen molar-refractivity contribution < 1.29 is 24.2 Å². The van der Waals surface area contributed by atoms with Crippen molar-refractivity contribution in [3.8, 4) is 5.75 Å². The van der Waals surface area contributed by atoms with E-state index < -0.39 is 17.7 Å². The van der Waals surface area contributed by atoms with Crippen molar-refractivity contribution in [2.45, 2.75) is 46.1 Å². The normalized spacial score (nSPS) is 11.4. The first-order valence-electron chi connectivity index (χ1n) is 8.69. The molecule has 142 valence electrons. The molecule has 0 aliphatic rings. The molecule has 7 heteroatoms. The van der Waals surface area contributed by atoms with Gasteiger partial charge in [0.05, 0.1) is 6.61 Å². The Bertz CT molecular complexity index is 789. The van der Waals surface area contributed by atoms with E-state index in [4.69, 9.17) is 9.47 Å². The van der Waals surface area contributed by atoms with E-state index in [-0.39, 0.29) is 12.4 Å². The smallest absolute Gasteiger partial charge is 0.407 e. The molecule has 1 aromatic carbocycles. The fourth-order valence-electron chi connectivity index (χ4n) is 2.64. The van der Waals surface area contributed by atoms with Gasteiger partial charge in [0.1, 0.15) is 17.0 Å². The van der Waals surface area contributed by atoms with Crippen molar-refractivity contribution in [1.82, 2.24) is 10.3 Å². The number of hydrogen-bond donors (Lipinski definition) is 3. The molecule has 0 aliphatic carbocycles. The van der Waals surface area contributed by atoms with Gasteiger partial charge >= 0.3 is 12.1 Å². The number of phenolic OH excluding ortho intramolecular Hbond substituents is 1. The largest absolute Gasteiger partial charge is 0.508 e. The summed E-state index contributed by atoms with van der Waals surface area (Å²) in [6.45, 7) is 7.84. The molecule has 0 radical (unpaired) electrons. The quantitative estimate of drug-likeness (QED) is 0.539. The molecule has 1 amide bonds. The van der Waals surface area contributed by atoms with Crippen LogP contribution in [0.4, 0.5) is 4.79 Å². The SMILES string of the molecule is CCOC(=O)c1[nH]c2ccc(O)cc2c1CCCNC(=O)OC(C)(C)C. The molecule has 2 aromatic rings. The van der Waals surface area contributed by atoms with E-state index in [1.54, 1.807) is 45.9 Å². The van der Waals surface area contributed by atoms with Gasteiger partial charge in [-0.05, 0) is 64.3 Å². The van der Waals surface area contributed by atoms with Crippen LogP contribution >= 0.6 is 0 Å². The number of nitrogens with one attached hydrogen (secondary N) is 2. The second-order valence-electron chi connectivity index (χ2n) is 6.96. The van der Waals surface area contributed by atoms with Gasteiger partial charge in [-0.25, -0.2) is 9.59 Å². The number of rotatable bonds is 6. The molecule has 2 rings (SSSR count). The molecule has 0 bridgehead atoms. The summed E-state index contributed by atoms with van der Waals surface area (Å²) in [5, 5.41) is 13.2. The predicted molar refractivity (Wildman–Crippen MR) is 98.5 cm³/mol. The van der Waals surface area contributed by atoms with Gasteiger partial charge in [0.15, 0.2) is 0 Å². The number of aromatic hydroxyl groups is 1. The number of amides is 1. The first-order valence-corrected chi connectivity index (χ1v) is 8.69. The highest BCUT2D eigenvalue weighted by atomic mass is 16.6. The van der Waals surface area contributed by atoms with Gasteiger partial charge in [0.2, 0.25) is 0 Å². The van der Waals surface area contributed by atoms with Crippen LogP contribution in [0.3, 0.4) is 0 Å². The Balaban J connectivity index is 2.09. The van der Waals surface area contributed by atoms with Crippen LogP contribution in [0.2, 0.25) is 0 Å². The van der Waals surface area contributed by atoms with E-state index in [0.29, 0.717) is 25.1 Å². The highest BCUT2D eigenvalue weighted by Gasteiger charge is 2.19. The van der Waals surface area contributed by atoms with Gasteiger partial charge in [0, 0.05) is 17.4 Å². The Morgan fingerprint density at radius 3 is 2.65 bits per heavy atom. The van der Waals surface area contributed by atoms with Crippen LogP contribution in [0.5, 0.6) is 5.75 Å². The number of carbonyl (C=O) groups excluding carboxylic acids is 2. The molecule has 0 saturated heterocycles. The molecular weight excluding hydrogens is 336 g/mol. The van der Waals surface area contributed by atoms with Crippen molar-refractivity contribution in [2.75, 3.05) is 13.2 Å². The number of carbonyl (C=O) groups is 2. The molecule has 0 aliphatic heterocycles. The fraction of sp³-hybridized carbons (Fsp3) is 0.474. The van der Waals surface area contributed by atoms with Crippen molar-refractivity contribution in [1.29, 1.82) is 0 Å².